The average molecular weight is 1310 g/mol. The van der Waals surface area contributed by atoms with Gasteiger partial charge in [0.05, 0.1) is 38.6 Å². The van der Waals surface area contributed by atoms with Crippen LogP contribution in [0, 0.1) is 0 Å². The molecule has 19 heteroatoms. The van der Waals surface area contributed by atoms with E-state index in [1.54, 1.807) is 0 Å². The Morgan fingerprint density at radius 2 is 0.750 bits per heavy atom. The summed E-state index contributed by atoms with van der Waals surface area (Å²) in [5, 5.41) is 121. The van der Waals surface area contributed by atoms with E-state index >= 15 is 0 Å². The Morgan fingerprint density at radius 1 is 0.402 bits per heavy atom. The minimum atomic E-state index is -1.98. The van der Waals surface area contributed by atoms with Crippen molar-refractivity contribution in [3.05, 3.63) is 72.9 Å². The van der Waals surface area contributed by atoms with Crippen LogP contribution in [0.25, 0.3) is 0 Å². The van der Waals surface area contributed by atoms with Crippen LogP contribution in [-0.4, -0.2) is 193 Å². The Hall–Kier alpha value is -2.77. The number of ether oxygens (including phenoxy) is 6. The van der Waals surface area contributed by atoms with E-state index in [2.05, 4.69) is 92.1 Å². The maximum absolute atomic E-state index is 13.5. The zero-order chi connectivity index (χ0) is 66.8. The second-order valence-electron chi connectivity index (χ2n) is 25.7. The Labute approximate surface area is 553 Å². The smallest absolute Gasteiger partial charge is 0.220 e. The molecule has 0 bridgehead atoms. The third-order valence-electron chi connectivity index (χ3n) is 17.8. The summed E-state index contributed by atoms with van der Waals surface area (Å²) < 4.78 is 34.4. The number of carbonyl (C=O) groups is 1. The maximum Gasteiger partial charge on any atom is 0.220 e. The molecule has 19 nitrogen and oxygen atoms in total. The highest BCUT2D eigenvalue weighted by Gasteiger charge is 2.53. The van der Waals surface area contributed by atoms with E-state index in [-0.39, 0.29) is 18.9 Å². The van der Waals surface area contributed by atoms with Crippen LogP contribution < -0.4 is 5.32 Å². The van der Waals surface area contributed by atoms with Gasteiger partial charge in [-0.2, -0.15) is 0 Å². The van der Waals surface area contributed by atoms with Crippen molar-refractivity contribution >= 4 is 5.91 Å². The molecule has 3 rings (SSSR count). The summed E-state index contributed by atoms with van der Waals surface area (Å²) in [6.07, 6.45) is 41.1. The fourth-order valence-corrected chi connectivity index (χ4v) is 12.0. The third-order valence-corrected chi connectivity index (χ3v) is 17.8. The van der Waals surface area contributed by atoms with Gasteiger partial charge in [-0.25, -0.2) is 0 Å². The third kappa shape index (κ3) is 35.5. The van der Waals surface area contributed by atoms with Crippen LogP contribution in [0.1, 0.15) is 251 Å². The molecular weight excluding hydrogens is 1180 g/mol. The molecule has 0 aromatic rings. The second-order valence-corrected chi connectivity index (χ2v) is 25.7. The van der Waals surface area contributed by atoms with Crippen molar-refractivity contribution in [2.24, 2.45) is 0 Å². The highest BCUT2D eigenvalue weighted by Crippen LogP contribution is 2.33. The van der Waals surface area contributed by atoms with Crippen molar-refractivity contribution in [2.75, 3.05) is 26.4 Å². The Balaban J connectivity index is 1.42. The first kappa shape index (κ1) is 83.5. The zero-order valence-corrected chi connectivity index (χ0v) is 56.5. The Kier molecular flexibility index (Phi) is 49.2. The first-order chi connectivity index (χ1) is 44.8. The number of aliphatic hydroxyl groups excluding tert-OH is 11. The standard InChI is InChI=1S/C73H129NO18/c1-3-5-7-9-11-13-15-17-19-21-23-25-26-27-28-29-30-31-33-35-37-39-41-43-45-47-49-51-61(79)74-56(57(78)50-48-46-44-42-40-38-36-34-32-24-22-20-18-16-14-12-10-8-6-4-2)55-87-71-67(85)64(82)69(59(53-76)89-71)92-73-68(86)65(83)70(60(54-77)90-73)91-72-66(84)63(81)62(80)58(52-75)88-72/h5,7,11,13,17,19,23,25,27-28,30-31,56-60,62-73,75-78,80-86H,3-4,6,8-10,12,14-16,18,20-22,24,26,29,32-55H2,1-2H3,(H,74,79)/b7-5-,13-11-,19-17-,25-23-,28-27-,31-30-. The summed E-state index contributed by atoms with van der Waals surface area (Å²) in [5.74, 6) is -0.252. The van der Waals surface area contributed by atoms with Gasteiger partial charge >= 0.3 is 0 Å². The van der Waals surface area contributed by atoms with Gasteiger partial charge in [0, 0.05) is 6.42 Å². The molecule has 1 amide bonds. The zero-order valence-electron chi connectivity index (χ0n) is 56.5. The molecule has 12 N–H and O–H groups in total. The van der Waals surface area contributed by atoms with E-state index in [1.807, 2.05) is 0 Å². The van der Waals surface area contributed by atoms with Crippen LogP contribution in [0.4, 0.5) is 0 Å². The van der Waals surface area contributed by atoms with Gasteiger partial charge in [-0.3, -0.25) is 4.79 Å². The van der Waals surface area contributed by atoms with E-state index in [1.165, 1.54) is 122 Å². The first-order valence-corrected chi connectivity index (χ1v) is 36.2. The SMILES string of the molecule is CC/C=C\C/C=C\C/C=C\C/C=C\C/C=C\C/C=C\CCCCCCCCCCC(=O)NC(COC1OC(CO)C(OC2OC(CO)C(OC3OC(CO)C(O)C(O)C3O)C(O)C2O)C(O)C1O)C(O)CCCCCCCCCCCCCCCCCCCCCC. The molecule has 92 heavy (non-hydrogen) atoms. The van der Waals surface area contributed by atoms with Gasteiger partial charge in [0.2, 0.25) is 5.91 Å². The lowest BCUT2D eigenvalue weighted by molar-refractivity contribution is -0.379. The predicted molar refractivity (Wildman–Crippen MR) is 360 cm³/mol. The van der Waals surface area contributed by atoms with Gasteiger partial charge in [-0.05, 0) is 64.2 Å². The molecule has 3 aliphatic rings. The molecule has 0 saturated carbocycles. The van der Waals surface area contributed by atoms with E-state index in [4.69, 9.17) is 28.4 Å². The topological polar surface area (TPSA) is 307 Å². The van der Waals surface area contributed by atoms with Crippen molar-refractivity contribution in [1.82, 2.24) is 5.32 Å². The number of nitrogens with one attached hydrogen (secondary N) is 1. The molecule has 17 unspecified atom stereocenters. The summed E-state index contributed by atoms with van der Waals surface area (Å²) in [6, 6.07) is -0.897. The number of amides is 1. The largest absolute Gasteiger partial charge is 0.394 e. The first-order valence-electron chi connectivity index (χ1n) is 36.2. The molecule has 3 saturated heterocycles. The molecule has 3 aliphatic heterocycles. The molecule has 0 spiro atoms. The van der Waals surface area contributed by atoms with Crippen molar-refractivity contribution in [3.63, 3.8) is 0 Å². The summed E-state index contributed by atoms with van der Waals surface area (Å²) in [4.78, 5) is 13.5. The van der Waals surface area contributed by atoms with Gasteiger partial charge in [-0.1, -0.05) is 254 Å². The molecule has 17 atom stereocenters. The summed E-state index contributed by atoms with van der Waals surface area (Å²) in [5.41, 5.74) is 0. The molecule has 534 valence electrons. The highest BCUT2D eigenvalue weighted by molar-refractivity contribution is 5.76. The van der Waals surface area contributed by atoms with Crippen LogP contribution in [0.2, 0.25) is 0 Å². The maximum atomic E-state index is 13.5. The number of allylic oxidation sites excluding steroid dienone is 12. The van der Waals surface area contributed by atoms with Crippen molar-refractivity contribution < 1.29 is 89.4 Å². The summed E-state index contributed by atoms with van der Waals surface area (Å²) >= 11 is 0. The Bertz CT molecular complexity index is 1950. The van der Waals surface area contributed by atoms with Crippen molar-refractivity contribution in [1.29, 1.82) is 0 Å². The predicted octanol–water partition coefficient (Wildman–Crippen LogP) is 10.1. The number of hydrogen-bond donors (Lipinski definition) is 12. The van der Waals surface area contributed by atoms with E-state index in [9.17, 15) is 61.0 Å². The number of carbonyl (C=O) groups excluding carboxylic acids is 1. The van der Waals surface area contributed by atoms with Crippen molar-refractivity contribution in [3.8, 4) is 0 Å². The minimum absolute atomic E-state index is 0.252. The number of unbranched alkanes of at least 4 members (excludes halogenated alkanes) is 27. The van der Waals surface area contributed by atoms with Gasteiger partial charge < -0.3 is 89.9 Å². The van der Waals surface area contributed by atoms with E-state index in [0.29, 0.717) is 12.8 Å². The average Bonchev–Trinajstić information content (AvgIpc) is 0.854. The van der Waals surface area contributed by atoms with Gasteiger partial charge in [-0.15, -0.1) is 0 Å². The number of hydrogen-bond acceptors (Lipinski definition) is 18. The van der Waals surface area contributed by atoms with Gasteiger partial charge in [0.15, 0.2) is 18.9 Å². The molecule has 3 fully saturated rings. The fraction of sp³-hybridized carbons (Fsp3) is 0.822. The van der Waals surface area contributed by atoms with Crippen molar-refractivity contribution in [2.45, 2.75) is 356 Å². The monoisotopic (exact) mass is 1310 g/mol. The quantitative estimate of drug-likeness (QED) is 0.0199. The highest BCUT2D eigenvalue weighted by atomic mass is 16.8. The second kappa shape index (κ2) is 54.3. The van der Waals surface area contributed by atoms with Crippen LogP contribution >= 0.6 is 0 Å². The summed E-state index contributed by atoms with van der Waals surface area (Å²) in [7, 11) is 0. The lowest BCUT2D eigenvalue weighted by atomic mass is 9.96. The molecular formula is C73H129NO18. The molecule has 3 heterocycles. The fourth-order valence-electron chi connectivity index (χ4n) is 12.0. The summed E-state index contributed by atoms with van der Waals surface area (Å²) in [6.45, 7) is 1.69. The number of aliphatic hydroxyl groups is 11. The minimum Gasteiger partial charge on any atom is -0.394 e. The molecule has 0 radical (unpaired) electrons. The van der Waals surface area contributed by atoms with E-state index in [0.717, 1.165) is 96.3 Å². The van der Waals surface area contributed by atoms with Crippen LogP contribution in [0.5, 0.6) is 0 Å². The molecule has 0 aromatic carbocycles. The number of rotatable bonds is 55. The molecule has 0 aromatic heterocycles. The van der Waals surface area contributed by atoms with Gasteiger partial charge in [0.25, 0.3) is 0 Å². The molecule has 0 aliphatic carbocycles. The normalized spacial score (nSPS) is 28.1. The van der Waals surface area contributed by atoms with Gasteiger partial charge in [0.1, 0.15) is 73.2 Å². The van der Waals surface area contributed by atoms with Crippen LogP contribution in [-0.2, 0) is 33.2 Å². The van der Waals surface area contributed by atoms with E-state index < -0.39 is 124 Å². The van der Waals surface area contributed by atoms with Crippen LogP contribution in [0.3, 0.4) is 0 Å². The van der Waals surface area contributed by atoms with Crippen LogP contribution in [0.15, 0.2) is 72.9 Å². The Morgan fingerprint density at radius 3 is 1.17 bits per heavy atom. The lowest BCUT2D eigenvalue weighted by Gasteiger charge is -2.48. The lowest BCUT2D eigenvalue weighted by Crippen LogP contribution is -2.66.